The van der Waals surface area contributed by atoms with E-state index in [9.17, 15) is 5.11 Å². The maximum atomic E-state index is 9.86. The third-order valence-corrected chi connectivity index (χ3v) is 3.64. The Labute approximate surface area is 106 Å². The Bertz CT molecular complexity index is 455. The van der Waals surface area contributed by atoms with Crippen molar-refractivity contribution < 1.29 is 5.11 Å². The Morgan fingerprint density at radius 2 is 2.29 bits per heavy atom. The Morgan fingerprint density at radius 1 is 1.53 bits per heavy atom. The third-order valence-electron chi connectivity index (χ3n) is 3.34. The van der Waals surface area contributed by atoms with Crippen LogP contribution in [0, 0.1) is 17.2 Å². The Morgan fingerprint density at radius 3 is 2.88 bits per heavy atom. The fraction of sp³-hybridized carbons (Fsp3) is 0.462. The van der Waals surface area contributed by atoms with Gasteiger partial charge in [-0.15, -0.1) is 0 Å². The molecule has 1 fully saturated rings. The molecule has 0 amide bonds. The molecular weight excluding hydrogens is 236 g/mol. The van der Waals surface area contributed by atoms with Gasteiger partial charge in [0.25, 0.3) is 0 Å². The second-order valence-electron chi connectivity index (χ2n) is 4.56. The zero-order valence-corrected chi connectivity index (χ0v) is 10.5. The normalized spacial score (nSPS) is 24.5. The first kappa shape index (κ1) is 12.2. The molecular formula is C13H15ClN2O. The average molecular weight is 251 g/mol. The van der Waals surface area contributed by atoms with Crippen LogP contribution in [-0.4, -0.2) is 24.3 Å². The van der Waals surface area contributed by atoms with Crippen LogP contribution in [-0.2, 0) is 0 Å². The Kier molecular flexibility index (Phi) is 3.56. The van der Waals surface area contributed by atoms with Gasteiger partial charge in [-0.25, -0.2) is 0 Å². The molecule has 1 aromatic rings. The van der Waals surface area contributed by atoms with Crippen LogP contribution in [0.3, 0.4) is 0 Å². The van der Waals surface area contributed by atoms with Crippen LogP contribution in [0.5, 0.6) is 0 Å². The summed E-state index contributed by atoms with van der Waals surface area (Å²) in [6, 6.07) is 7.34. The number of anilines is 1. The summed E-state index contributed by atoms with van der Waals surface area (Å²) in [6.07, 6.45) is 0.646. The second kappa shape index (κ2) is 4.95. The minimum atomic E-state index is -0.310. The smallest absolute Gasteiger partial charge is 0.0992 e. The highest BCUT2D eigenvalue weighted by atomic mass is 35.5. The molecule has 1 heterocycles. The van der Waals surface area contributed by atoms with Crippen LogP contribution in [0.1, 0.15) is 18.9 Å². The number of halogens is 1. The third kappa shape index (κ3) is 2.54. The van der Waals surface area contributed by atoms with Gasteiger partial charge in [-0.3, -0.25) is 0 Å². The number of rotatable bonds is 1. The lowest BCUT2D eigenvalue weighted by molar-refractivity contribution is 0.103. The van der Waals surface area contributed by atoms with Crippen molar-refractivity contribution in [2.24, 2.45) is 5.92 Å². The van der Waals surface area contributed by atoms with Crippen molar-refractivity contribution in [1.29, 1.82) is 5.26 Å². The maximum Gasteiger partial charge on any atom is 0.0992 e. The molecule has 1 N–H and O–H groups in total. The number of aliphatic hydroxyl groups is 1. The van der Waals surface area contributed by atoms with E-state index in [4.69, 9.17) is 16.9 Å². The van der Waals surface area contributed by atoms with Crippen LogP contribution in [0.4, 0.5) is 5.69 Å². The molecule has 1 aromatic carbocycles. The topological polar surface area (TPSA) is 47.3 Å². The van der Waals surface area contributed by atoms with Gasteiger partial charge in [0, 0.05) is 13.1 Å². The largest absolute Gasteiger partial charge is 0.391 e. The Hall–Kier alpha value is -1.24. The maximum absolute atomic E-state index is 9.86. The van der Waals surface area contributed by atoms with Gasteiger partial charge in [-0.05, 0) is 30.5 Å². The van der Waals surface area contributed by atoms with Gasteiger partial charge in [0.05, 0.1) is 28.4 Å². The lowest BCUT2D eigenvalue weighted by atomic mass is 9.95. The number of hydrogen-bond acceptors (Lipinski definition) is 3. The number of aliphatic hydroxyl groups excluding tert-OH is 1. The van der Waals surface area contributed by atoms with E-state index >= 15 is 0 Å². The molecule has 3 nitrogen and oxygen atoms in total. The van der Waals surface area contributed by atoms with Crippen molar-refractivity contribution in [1.82, 2.24) is 0 Å². The molecule has 0 aromatic heterocycles. The SMILES string of the molecule is CC1CCN(c2ccc(C#N)cc2Cl)CC1O. The standard InChI is InChI=1S/C13H15ClN2O/c1-9-4-5-16(8-13(9)17)12-3-2-10(7-15)6-11(12)14/h2-3,6,9,13,17H,4-5,8H2,1H3. The van der Waals surface area contributed by atoms with E-state index in [0.29, 0.717) is 23.0 Å². The van der Waals surface area contributed by atoms with Crippen LogP contribution in [0.25, 0.3) is 0 Å². The van der Waals surface area contributed by atoms with Crippen molar-refractivity contribution in [3.8, 4) is 6.07 Å². The van der Waals surface area contributed by atoms with E-state index in [0.717, 1.165) is 18.7 Å². The van der Waals surface area contributed by atoms with Crippen LogP contribution in [0.15, 0.2) is 18.2 Å². The molecule has 0 saturated carbocycles. The molecule has 2 unspecified atom stereocenters. The highest BCUT2D eigenvalue weighted by Crippen LogP contribution is 2.30. The van der Waals surface area contributed by atoms with E-state index < -0.39 is 0 Å². The van der Waals surface area contributed by atoms with E-state index in [2.05, 4.69) is 17.9 Å². The summed E-state index contributed by atoms with van der Waals surface area (Å²) in [5.41, 5.74) is 1.46. The van der Waals surface area contributed by atoms with Crippen molar-refractivity contribution in [3.63, 3.8) is 0 Å². The molecule has 0 aliphatic carbocycles. The van der Waals surface area contributed by atoms with E-state index in [1.807, 2.05) is 6.07 Å². The van der Waals surface area contributed by atoms with Crippen molar-refractivity contribution in [3.05, 3.63) is 28.8 Å². The lowest BCUT2D eigenvalue weighted by Crippen LogP contribution is -2.43. The summed E-state index contributed by atoms with van der Waals surface area (Å²) in [7, 11) is 0. The molecule has 2 atom stereocenters. The highest BCUT2D eigenvalue weighted by Gasteiger charge is 2.25. The predicted octanol–water partition coefficient (Wildman–Crippen LogP) is 2.42. The summed E-state index contributed by atoms with van der Waals surface area (Å²) in [5.74, 6) is 0.336. The summed E-state index contributed by atoms with van der Waals surface area (Å²) in [5, 5.41) is 19.2. The molecule has 4 heteroatoms. The first-order valence-corrected chi connectivity index (χ1v) is 6.12. The molecule has 17 heavy (non-hydrogen) atoms. The second-order valence-corrected chi connectivity index (χ2v) is 4.96. The number of nitrogens with zero attached hydrogens (tertiary/aromatic N) is 2. The van der Waals surface area contributed by atoms with Gasteiger partial charge in [0.2, 0.25) is 0 Å². The number of hydrogen-bond donors (Lipinski definition) is 1. The number of piperidine rings is 1. The van der Waals surface area contributed by atoms with Gasteiger partial charge in [0.1, 0.15) is 0 Å². The van der Waals surface area contributed by atoms with Crippen molar-refractivity contribution in [2.75, 3.05) is 18.0 Å². The number of β-amino-alcohol motifs (C(OH)–C–C–N with tert-alkyl or cyclic N) is 1. The molecule has 1 aliphatic heterocycles. The average Bonchev–Trinajstić information content (AvgIpc) is 2.32. The molecule has 1 saturated heterocycles. The fourth-order valence-corrected chi connectivity index (χ4v) is 2.40. The van der Waals surface area contributed by atoms with Crippen molar-refractivity contribution >= 4 is 17.3 Å². The number of benzene rings is 1. The van der Waals surface area contributed by atoms with Crippen LogP contribution < -0.4 is 4.90 Å². The van der Waals surface area contributed by atoms with Gasteiger partial charge in [-0.1, -0.05) is 18.5 Å². The molecule has 90 valence electrons. The van der Waals surface area contributed by atoms with Gasteiger partial charge in [0.15, 0.2) is 0 Å². The molecule has 0 spiro atoms. The molecule has 1 aliphatic rings. The lowest BCUT2D eigenvalue weighted by Gasteiger charge is -2.36. The molecule has 0 bridgehead atoms. The minimum Gasteiger partial charge on any atom is -0.391 e. The van der Waals surface area contributed by atoms with Gasteiger partial charge in [-0.2, -0.15) is 5.26 Å². The highest BCUT2D eigenvalue weighted by molar-refractivity contribution is 6.33. The Balaban J connectivity index is 2.21. The van der Waals surface area contributed by atoms with Crippen molar-refractivity contribution in [2.45, 2.75) is 19.4 Å². The van der Waals surface area contributed by atoms with Crippen LogP contribution >= 0.6 is 11.6 Å². The van der Waals surface area contributed by atoms with Crippen LogP contribution in [0.2, 0.25) is 5.02 Å². The summed E-state index contributed by atoms with van der Waals surface area (Å²) < 4.78 is 0. The van der Waals surface area contributed by atoms with Gasteiger partial charge >= 0.3 is 0 Å². The first-order chi connectivity index (χ1) is 8.11. The zero-order valence-electron chi connectivity index (χ0n) is 9.73. The monoisotopic (exact) mass is 250 g/mol. The van der Waals surface area contributed by atoms with E-state index in [1.54, 1.807) is 12.1 Å². The van der Waals surface area contributed by atoms with Gasteiger partial charge < -0.3 is 10.0 Å². The number of nitriles is 1. The fourth-order valence-electron chi connectivity index (χ4n) is 2.10. The molecule has 2 rings (SSSR count). The van der Waals surface area contributed by atoms with E-state index in [1.165, 1.54) is 0 Å². The minimum absolute atomic E-state index is 0.310. The zero-order chi connectivity index (χ0) is 12.4. The predicted molar refractivity (Wildman–Crippen MR) is 68.2 cm³/mol. The summed E-state index contributed by atoms with van der Waals surface area (Å²) >= 11 is 6.15. The first-order valence-electron chi connectivity index (χ1n) is 5.74. The quantitative estimate of drug-likeness (QED) is 0.833. The molecule has 0 radical (unpaired) electrons. The van der Waals surface area contributed by atoms with E-state index in [-0.39, 0.29) is 6.10 Å². The summed E-state index contributed by atoms with van der Waals surface area (Å²) in [4.78, 5) is 2.08. The summed E-state index contributed by atoms with van der Waals surface area (Å²) in [6.45, 7) is 3.55.